The number of nitrogens with zero attached hydrogens (tertiary/aromatic N) is 1. The van der Waals surface area contributed by atoms with E-state index in [9.17, 15) is 4.79 Å². The average Bonchev–Trinajstić information content (AvgIpc) is 2.50. The number of carbonyl (C=O) groups excluding carboxylic acids is 1. The van der Waals surface area contributed by atoms with Crippen molar-refractivity contribution in [3.8, 4) is 11.5 Å². The van der Waals surface area contributed by atoms with Crippen LogP contribution in [0.25, 0.3) is 0 Å². The number of benzene rings is 1. The summed E-state index contributed by atoms with van der Waals surface area (Å²) in [6.07, 6.45) is 2.25. The van der Waals surface area contributed by atoms with Crippen LogP contribution in [0.5, 0.6) is 11.5 Å². The molecule has 1 aliphatic rings. The summed E-state index contributed by atoms with van der Waals surface area (Å²) in [5.41, 5.74) is 0.521. The molecule has 1 saturated heterocycles. The van der Waals surface area contributed by atoms with Gasteiger partial charge in [-0.3, -0.25) is 9.69 Å². The lowest BCUT2D eigenvalue weighted by molar-refractivity contribution is -0.0686. The topological polar surface area (TPSA) is 48.0 Å². The molecule has 0 unspecified atom stereocenters. The number of aldehydes is 1. The largest absolute Gasteiger partial charge is 0.493 e. The van der Waals surface area contributed by atoms with Crippen LogP contribution in [0.3, 0.4) is 0 Å². The molecule has 1 heterocycles. The minimum absolute atomic E-state index is 0.278. The second kappa shape index (κ2) is 8.15. The van der Waals surface area contributed by atoms with E-state index in [1.165, 1.54) is 0 Å². The van der Waals surface area contributed by atoms with Crippen LogP contribution in [0.4, 0.5) is 0 Å². The zero-order valence-corrected chi connectivity index (χ0v) is 13.6. The van der Waals surface area contributed by atoms with Gasteiger partial charge in [-0.25, -0.2) is 0 Å². The van der Waals surface area contributed by atoms with Crippen molar-refractivity contribution < 1.29 is 19.0 Å². The van der Waals surface area contributed by atoms with E-state index in [1.54, 1.807) is 25.3 Å². The number of hydrogen-bond acceptors (Lipinski definition) is 5. The molecular formula is C17H25NO4. The summed E-state index contributed by atoms with van der Waals surface area (Å²) in [4.78, 5) is 13.5. The molecule has 5 heteroatoms. The highest BCUT2D eigenvalue weighted by atomic mass is 16.5. The first-order valence-corrected chi connectivity index (χ1v) is 7.76. The molecule has 1 fully saturated rings. The fraction of sp³-hybridized carbons (Fsp3) is 0.588. The first-order chi connectivity index (χ1) is 10.6. The zero-order chi connectivity index (χ0) is 15.9. The van der Waals surface area contributed by atoms with Crippen LogP contribution in [0.1, 0.15) is 30.6 Å². The van der Waals surface area contributed by atoms with Crippen molar-refractivity contribution in [2.75, 3.05) is 33.4 Å². The van der Waals surface area contributed by atoms with Crippen LogP contribution >= 0.6 is 0 Å². The summed E-state index contributed by atoms with van der Waals surface area (Å²) >= 11 is 0. The van der Waals surface area contributed by atoms with Gasteiger partial charge in [-0.2, -0.15) is 0 Å². The minimum atomic E-state index is 0.278. The van der Waals surface area contributed by atoms with Crippen molar-refractivity contribution in [1.29, 1.82) is 0 Å². The van der Waals surface area contributed by atoms with Crippen LogP contribution in [0.15, 0.2) is 18.2 Å². The van der Waals surface area contributed by atoms with Crippen molar-refractivity contribution >= 4 is 6.29 Å². The van der Waals surface area contributed by atoms with Crippen molar-refractivity contribution in [2.24, 2.45) is 0 Å². The molecule has 22 heavy (non-hydrogen) atoms. The molecule has 5 nitrogen and oxygen atoms in total. The monoisotopic (exact) mass is 307 g/mol. The van der Waals surface area contributed by atoms with Crippen LogP contribution < -0.4 is 9.47 Å². The summed E-state index contributed by atoms with van der Waals surface area (Å²) in [5.74, 6) is 1.13. The van der Waals surface area contributed by atoms with Crippen molar-refractivity contribution in [1.82, 2.24) is 4.90 Å². The van der Waals surface area contributed by atoms with E-state index >= 15 is 0 Å². The maximum atomic E-state index is 11.1. The summed E-state index contributed by atoms with van der Waals surface area (Å²) in [6, 6.07) is 5.32. The van der Waals surface area contributed by atoms with E-state index in [2.05, 4.69) is 18.7 Å². The van der Waals surface area contributed by atoms with Gasteiger partial charge in [-0.15, -0.1) is 0 Å². The van der Waals surface area contributed by atoms with Crippen molar-refractivity contribution in [3.63, 3.8) is 0 Å². The Morgan fingerprint density at radius 1 is 1.32 bits per heavy atom. The van der Waals surface area contributed by atoms with Gasteiger partial charge in [0.05, 0.1) is 31.5 Å². The number of rotatable bonds is 7. The first kappa shape index (κ1) is 16.8. The Kier molecular flexibility index (Phi) is 6.21. The Balaban J connectivity index is 1.83. The van der Waals surface area contributed by atoms with Gasteiger partial charge in [-0.1, -0.05) is 6.07 Å². The van der Waals surface area contributed by atoms with Crippen LogP contribution in [-0.4, -0.2) is 56.7 Å². The molecule has 0 radical (unpaired) electrons. The van der Waals surface area contributed by atoms with E-state index in [0.29, 0.717) is 23.7 Å². The highest BCUT2D eigenvalue weighted by molar-refractivity contribution is 5.81. The van der Waals surface area contributed by atoms with Gasteiger partial charge in [0.2, 0.25) is 0 Å². The van der Waals surface area contributed by atoms with E-state index in [-0.39, 0.29) is 12.2 Å². The maximum Gasteiger partial charge on any atom is 0.171 e. The quantitative estimate of drug-likeness (QED) is 0.572. The molecule has 0 saturated carbocycles. The third kappa shape index (κ3) is 4.45. The van der Waals surface area contributed by atoms with Crippen LogP contribution in [0.2, 0.25) is 0 Å². The van der Waals surface area contributed by atoms with Gasteiger partial charge in [0.25, 0.3) is 0 Å². The molecule has 0 bridgehead atoms. The summed E-state index contributed by atoms with van der Waals surface area (Å²) < 4.78 is 16.8. The number of para-hydroxylation sites is 1. The Bertz CT molecular complexity index is 482. The average molecular weight is 307 g/mol. The molecule has 1 aromatic rings. The lowest BCUT2D eigenvalue weighted by Gasteiger charge is -2.35. The van der Waals surface area contributed by atoms with Gasteiger partial charge >= 0.3 is 0 Å². The molecule has 122 valence electrons. The molecule has 1 aromatic carbocycles. The number of carbonyl (C=O) groups is 1. The molecule has 0 aromatic heterocycles. The Morgan fingerprint density at radius 3 is 2.68 bits per heavy atom. The van der Waals surface area contributed by atoms with Crippen molar-refractivity contribution in [3.05, 3.63) is 23.8 Å². The standard InChI is InChI=1S/C17H25NO4/c1-13-10-18(11-14(2)22-13)8-5-9-21-17-15(12-19)6-4-7-16(17)20-3/h4,6-7,12-14H,5,8-11H2,1-3H3/t13-,14+. The summed E-state index contributed by atoms with van der Waals surface area (Å²) in [7, 11) is 1.58. The van der Waals surface area contributed by atoms with Crippen molar-refractivity contribution in [2.45, 2.75) is 32.5 Å². The summed E-state index contributed by atoms with van der Waals surface area (Å²) in [6.45, 7) is 7.64. The van der Waals surface area contributed by atoms with Gasteiger partial charge in [-0.05, 0) is 32.4 Å². The van der Waals surface area contributed by atoms with Gasteiger partial charge in [0.1, 0.15) is 0 Å². The molecule has 2 atom stereocenters. The molecule has 0 spiro atoms. The zero-order valence-electron chi connectivity index (χ0n) is 13.6. The fourth-order valence-electron chi connectivity index (χ4n) is 2.87. The predicted octanol–water partition coefficient (Wildman–Crippen LogP) is 2.39. The highest BCUT2D eigenvalue weighted by Crippen LogP contribution is 2.30. The molecule has 0 aliphatic carbocycles. The Labute approximate surface area is 132 Å². The first-order valence-electron chi connectivity index (χ1n) is 7.76. The second-order valence-electron chi connectivity index (χ2n) is 5.72. The molecule has 1 aliphatic heterocycles. The number of morpholine rings is 1. The Hall–Kier alpha value is -1.59. The highest BCUT2D eigenvalue weighted by Gasteiger charge is 2.21. The lowest BCUT2D eigenvalue weighted by Crippen LogP contribution is -2.45. The van der Waals surface area contributed by atoms with Crippen LogP contribution in [0, 0.1) is 0 Å². The molecule has 2 rings (SSSR count). The fourth-order valence-corrected chi connectivity index (χ4v) is 2.87. The third-order valence-electron chi connectivity index (χ3n) is 3.72. The van der Waals surface area contributed by atoms with Gasteiger partial charge in [0, 0.05) is 19.6 Å². The number of methoxy groups -OCH3 is 1. The molecular weight excluding hydrogens is 282 g/mol. The van der Waals surface area contributed by atoms with Gasteiger partial charge in [0.15, 0.2) is 17.8 Å². The van der Waals surface area contributed by atoms with E-state index in [0.717, 1.165) is 32.3 Å². The van der Waals surface area contributed by atoms with E-state index in [4.69, 9.17) is 14.2 Å². The third-order valence-corrected chi connectivity index (χ3v) is 3.72. The summed E-state index contributed by atoms with van der Waals surface area (Å²) in [5, 5.41) is 0. The molecule has 0 N–H and O–H groups in total. The van der Waals surface area contributed by atoms with Crippen LogP contribution in [-0.2, 0) is 4.74 Å². The number of ether oxygens (including phenoxy) is 3. The van der Waals surface area contributed by atoms with E-state index in [1.807, 2.05) is 0 Å². The van der Waals surface area contributed by atoms with Gasteiger partial charge < -0.3 is 14.2 Å². The normalized spacial score (nSPS) is 22.3. The second-order valence-corrected chi connectivity index (χ2v) is 5.72. The molecule has 0 amide bonds. The SMILES string of the molecule is COc1cccc(C=O)c1OCCCN1C[C@@H](C)O[C@@H](C)C1. The number of hydrogen-bond donors (Lipinski definition) is 0. The Morgan fingerprint density at radius 2 is 2.05 bits per heavy atom. The van der Waals surface area contributed by atoms with E-state index < -0.39 is 0 Å². The lowest BCUT2D eigenvalue weighted by atomic mass is 10.2. The minimum Gasteiger partial charge on any atom is -0.493 e. The maximum absolute atomic E-state index is 11.1. The smallest absolute Gasteiger partial charge is 0.171 e. The predicted molar refractivity (Wildman–Crippen MR) is 84.9 cm³/mol.